The van der Waals surface area contributed by atoms with Gasteiger partial charge in [0.05, 0.1) is 17.1 Å². The third-order valence-corrected chi connectivity index (χ3v) is 4.65. The Balaban J connectivity index is 1.89. The van der Waals surface area contributed by atoms with Gasteiger partial charge in [-0.3, -0.25) is 9.13 Å². The highest BCUT2D eigenvalue weighted by Crippen LogP contribution is 2.24. The van der Waals surface area contributed by atoms with E-state index in [4.69, 9.17) is 4.52 Å². The van der Waals surface area contributed by atoms with E-state index in [1.165, 1.54) is 6.26 Å². The second kappa shape index (κ2) is 6.12. The summed E-state index contributed by atoms with van der Waals surface area (Å²) in [6.45, 7) is 3.77. The maximum atomic E-state index is 12.6. The quantitative estimate of drug-likeness (QED) is 0.791. The molecule has 1 aromatic carbocycles. The standard InChI is InChI=1S/C17H21N5O3/c1-10-8-14-15(22(5)17(24)21(14)4)9-13(10)18-16(23)20(3)11(2)12-6-7-25-19-12/h6-9,11H,1-5H3,(H,18,23)/t11-/m0/s1. The van der Waals surface area contributed by atoms with Gasteiger partial charge in [0.25, 0.3) is 0 Å². The van der Waals surface area contributed by atoms with Crippen molar-refractivity contribution in [3.05, 3.63) is 46.2 Å². The van der Waals surface area contributed by atoms with Crippen molar-refractivity contribution < 1.29 is 9.32 Å². The summed E-state index contributed by atoms with van der Waals surface area (Å²) in [4.78, 5) is 26.2. The van der Waals surface area contributed by atoms with Crippen LogP contribution in [0.3, 0.4) is 0 Å². The van der Waals surface area contributed by atoms with Gasteiger partial charge >= 0.3 is 11.7 Å². The predicted molar refractivity (Wildman–Crippen MR) is 94.6 cm³/mol. The number of hydrogen-bond acceptors (Lipinski definition) is 4. The van der Waals surface area contributed by atoms with E-state index in [1.54, 1.807) is 41.2 Å². The Morgan fingerprint density at radius 2 is 1.92 bits per heavy atom. The average Bonchev–Trinajstić information content (AvgIpc) is 3.19. The first-order chi connectivity index (χ1) is 11.8. The van der Waals surface area contributed by atoms with Gasteiger partial charge in [-0.25, -0.2) is 9.59 Å². The molecule has 0 bridgehead atoms. The molecule has 3 aromatic rings. The van der Waals surface area contributed by atoms with Crippen LogP contribution in [0.5, 0.6) is 0 Å². The fourth-order valence-corrected chi connectivity index (χ4v) is 2.80. The highest BCUT2D eigenvalue weighted by Gasteiger charge is 2.20. The number of fused-ring (bicyclic) bond motifs is 1. The van der Waals surface area contributed by atoms with E-state index in [-0.39, 0.29) is 17.8 Å². The van der Waals surface area contributed by atoms with Crippen molar-refractivity contribution in [3.8, 4) is 0 Å². The summed E-state index contributed by atoms with van der Waals surface area (Å²) in [5, 5.41) is 6.78. The van der Waals surface area contributed by atoms with Crippen LogP contribution in [0.2, 0.25) is 0 Å². The van der Waals surface area contributed by atoms with E-state index in [0.29, 0.717) is 11.4 Å². The van der Waals surface area contributed by atoms with Crippen LogP contribution in [-0.2, 0) is 14.1 Å². The Morgan fingerprint density at radius 1 is 1.28 bits per heavy atom. The van der Waals surface area contributed by atoms with Crippen LogP contribution in [-0.4, -0.2) is 32.3 Å². The Kier molecular flexibility index (Phi) is 4.12. The monoisotopic (exact) mass is 343 g/mol. The van der Waals surface area contributed by atoms with E-state index in [0.717, 1.165) is 16.6 Å². The number of carbonyl (C=O) groups excluding carboxylic acids is 1. The molecule has 0 spiro atoms. The summed E-state index contributed by atoms with van der Waals surface area (Å²) >= 11 is 0. The highest BCUT2D eigenvalue weighted by atomic mass is 16.5. The molecule has 25 heavy (non-hydrogen) atoms. The smallest absolute Gasteiger partial charge is 0.328 e. The van der Waals surface area contributed by atoms with Gasteiger partial charge in [-0.15, -0.1) is 0 Å². The number of amides is 2. The van der Waals surface area contributed by atoms with Crippen molar-refractivity contribution in [2.24, 2.45) is 14.1 Å². The molecule has 3 rings (SSSR count). The first-order valence-corrected chi connectivity index (χ1v) is 7.91. The summed E-state index contributed by atoms with van der Waals surface area (Å²) in [6.07, 6.45) is 1.48. The zero-order chi connectivity index (χ0) is 18.3. The Labute approximate surface area is 144 Å². The summed E-state index contributed by atoms with van der Waals surface area (Å²) < 4.78 is 7.99. The second-order valence-electron chi connectivity index (χ2n) is 6.20. The topological polar surface area (TPSA) is 85.3 Å². The maximum Gasteiger partial charge on any atom is 0.328 e. The number of aromatic nitrogens is 3. The van der Waals surface area contributed by atoms with Crippen molar-refractivity contribution in [1.82, 2.24) is 19.2 Å². The van der Waals surface area contributed by atoms with Crippen molar-refractivity contribution >= 4 is 22.8 Å². The summed E-state index contributed by atoms with van der Waals surface area (Å²) in [6, 6.07) is 4.94. The van der Waals surface area contributed by atoms with Crippen LogP contribution >= 0.6 is 0 Å². The molecular formula is C17H21N5O3. The van der Waals surface area contributed by atoms with E-state index in [9.17, 15) is 9.59 Å². The van der Waals surface area contributed by atoms with Crippen LogP contribution in [0.25, 0.3) is 11.0 Å². The summed E-state index contributed by atoms with van der Waals surface area (Å²) in [7, 11) is 5.14. The Bertz CT molecular complexity index is 984. The van der Waals surface area contributed by atoms with E-state index in [2.05, 4.69) is 10.5 Å². The van der Waals surface area contributed by atoms with Gasteiger partial charge in [0.15, 0.2) is 0 Å². The van der Waals surface area contributed by atoms with E-state index in [1.807, 2.05) is 26.0 Å². The molecule has 0 fully saturated rings. The predicted octanol–water partition coefficient (Wildman–Crippen LogP) is 2.40. The molecule has 0 aliphatic heterocycles. The van der Waals surface area contributed by atoms with Crippen LogP contribution in [0.1, 0.15) is 24.2 Å². The number of aryl methyl sites for hydroxylation is 3. The SMILES string of the molecule is Cc1cc2c(cc1NC(=O)N(C)[C@@H](C)c1ccon1)n(C)c(=O)n2C. The summed E-state index contributed by atoms with van der Waals surface area (Å²) in [5.41, 5.74) is 3.71. The highest BCUT2D eigenvalue weighted by molar-refractivity contribution is 5.93. The van der Waals surface area contributed by atoms with Crippen molar-refractivity contribution in [2.75, 3.05) is 12.4 Å². The average molecular weight is 343 g/mol. The molecule has 8 heteroatoms. The fourth-order valence-electron chi connectivity index (χ4n) is 2.80. The van der Waals surface area contributed by atoms with Crippen molar-refractivity contribution in [1.29, 1.82) is 0 Å². The lowest BCUT2D eigenvalue weighted by atomic mass is 10.1. The number of anilines is 1. The molecule has 0 aliphatic carbocycles. The first kappa shape index (κ1) is 16.8. The largest absolute Gasteiger partial charge is 0.364 e. The van der Waals surface area contributed by atoms with Crippen molar-refractivity contribution in [2.45, 2.75) is 19.9 Å². The molecule has 0 saturated carbocycles. The number of benzene rings is 1. The van der Waals surface area contributed by atoms with Gasteiger partial charge < -0.3 is 14.7 Å². The second-order valence-corrected chi connectivity index (χ2v) is 6.20. The zero-order valence-electron chi connectivity index (χ0n) is 14.9. The lowest BCUT2D eigenvalue weighted by molar-refractivity contribution is 0.206. The third kappa shape index (κ3) is 2.79. The minimum absolute atomic E-state index is 0.102. The Hall–Kier alpha value is -3.03. The van der Waals surface area contributed by atoms with Gasteiger partial charge in [0.1, 0.15) is 12.0 Å². The lowest BCUT2D eigenvalue weighted by Crippen LogP contribution is -2.34. The van der Waals surface area contributed by atoms with Gasteiger partial charge in [-0.1, -0.05) is 5.16 Å². The Morgan fingerprint density at radius 3 is 2.52 bits per heavy atom. The molecule has 0 unspecified atom stereocenters. The molecule has 132 valence electrons. The van der Waals surface area contributed by atoms with Crippen LogP contribution in [0, 0.1) is 6.92 Å². The molecule has 0 radical (unpaired) electrons. The van der Waals surface area contributed by atoms with Crippen molar-refractivity contribution in [3.63, 3.8) is 0 Å². The molecule has 0 aliphatic rings. The third-order valence-electron chi connectivity index (χ3n) is 4.65. The number of urea groups is 1. The van der Waals surface area contributed by atoms with Gasteiger partial charge in [-0.05, 0) is 31.5 Å². The number of hydrogen-bond donors (Lipinski definition) is 1. The number of nitrogens with zero attached hydrogens (tertiary/aromatic N) is 4. The molecule has 2 heterocycles. The van der Waals surface area contributed by atoms with Crippen LogP contribution in [0.4, 0.5) is 10.5 Å². The van der Waals surface area contributed by atoms with Gasteiger partial charge in [0.2, 0.25) is 0 Å². The maximum absolute atomic E-state index is 12.6. The zero-order valence-corrected chi connectivity index (χ0v) is 14.9. The molecule has 0 saturated heterocycles. The number of carbonyl (C=O) groups is 1. The molecule has 1 N–H and O–H groups in total. The lowest BCUT2D eigenvalue weighted by Gasteiger charge is -2.24. The van der Waals surface area contributed by atoms with Crippen LogP contribution < -0.4 is 11.0 Å². The minimum Gasteiger partial charge on any atom is -0.364 e. The molecule has 8 nitrogen and oxygen atoms in total. The molecule has 2 amide bonds. The summed E-state index contributed by atoms with van der Waals surface area (Å²) in [5.74, 6) is 0. The van der Waals surface area contributed by atoms with E-state index >= 15 is 0 Å². The number of imidazole rings is 1. The molecular weight excluding hydrogens is 322 g/mol. The number of nitrogens with one attached hydrogen (secondary N) is 1. The minimum atomic E-state index is -0.265. The normalized spacial score (nSPS) is 12.4. The first-order valence-electron chi connectivity index (χ1n) is 7.91. The fraction of sp³-hybridized carbons (Fsp3) is 0.353. The molecule has 1 atom stereocenters. The van der Waals surface area contributed by atoms with Gasteiger partial charge in [-0.2, -0.15) is 0 Å². The number of rotatable bonds is 3. The van der Waals surface area contributed by atoms with E-state index < -0.39 is 0 Å². The van der Waals surface area contributed by atoms with Crippen LogP contribution in [0.15, 0.2) is 33.8 Å². The molecule has 2 aromatic heterocycles. The van der Waals surface area contributed by atoms with Gasteiger partial charge in [0, 0.05) is 32.9 Å².